The van der Waals surface area contributed by atoms with E-state index in [0.717, 1.165) is 12.3 Å². The molecule has 0 aliphatic carbocycles. The van der Waals surface area contributed by atoms with Gasteiger partial charge in [0.15, 0.2) is 0 Å². The molecule has 0 aliphatic heterocycles. The Balaban J connectivity index is 2.87. The number of hydrogen-bond acceptors (Lipinski definition) is 3. The van der Waals surface area contributed by atoms with Crippen molar-refractivity contribution in [3.05, 3.63) is 18.0 Å². The minimum atomic E-state index is -4.80. The summed E-state index contributed by atoms with van der Waals surface area (Å²) in [6, 6.07) is 0.870. The zero-order chi connectivity index (χ0) is 10.8. The van der Waals surface area contributed by atoms with Gasteiger partial charge in [0.2, 0.25) is 0 Å². The second-order valence-corrected chi connectivity index (χ2v) is 2.39. The van der Waals surface area contributed by atoms with Crippen LogP contribution in [0.5, 0.6) is 5.75 Å². The topological polar surface area (TPSA) is 48.1 Å². The predicted octanol–water partition coefficient (Wildman–Crippen LogP) is 2.03. The van der Waals surface area contributed by atoms with Crippen molar-refractivity contribution in [3.63, 3.8) is 0 Å². The Kier molecular flexibility index (Phi) is 2.78. The first kappa shape index (κ1) is 10.6. The van der Waals surface area contributed by atoms with Crippen molar-refractivity contribution in [3.8, 4) is 5.75 Å². The Labute approximate surface area is 76.5 Å². The zero-order valence-corrected chi connectivity index (χ0v) is 6.81. The van der Waals surface area contributed by atoms with Crippen LogP contribution in [0.4, 0.5) is 23.2 Å². The van der Waals surface area contributed by atoms with Crippen LogP contribution in [0.1, 0.15) is 5.69 Å². The molecule has 0 aliphatic rings. The van der Waals surface area contributed by atoms with Gasteiger partial charge in [0.25, 0.3) is 0 Å². The molecule has 0 amide bonds. The molecule has 0 unspecified atom stereocenters. The highest BCUT2D eigenvalue weighted by molar-refractivity contribution is 5.46. The average Bonchev–Trinajstić information content (AvgIpc) is 2.01. The quantitative estimate of drug-likeness (QED) is 0.759. The lowest BCUT2D eigenvalue weighted by Crippen LogP contribution is -2.17. The maximum absolute atomic E-state index is 12.1. The molecule has 0 spiro atoms. The fourth-order valence-corrected chi connectivity index (χ4v) is 0.791. The number of nitrogen functional groups attached to an aromatic ring is 1. The summed E-state index contributed by atoms with van der Waals surface area (Å²) in [4.78, 5) is 3.36. The molecule has 0 radical (unpaired) electrons. The van der Waals surface area contributed by atoms with Crippen LogP contribution >= 0.6 is 0 Å². The highest BCUT2D eigenvalue weighted by Crippen LogP contribution is 2.24. The van der Waals surface area contributed by atoms with Gasteiger partial charge < -0.3 is 10.5 Å². The molecule has 1 aromatic heterocycles. The standard InChI is InChI=1S/C7H6F4N2O/c8-2-6-5(12)1-4(3-13-6)14-7(9,10)11/h1,3H,2,12H2. The molecule has 14 heavy (non-hydrogen) atoms. The van der Waals surface area contributed by atoms with Gasteiger partial charge >= 0.3 is 6.36 Å². The summed E-state index contributed by atoms with van der Waals surface area (Å²) < 4.78 is 50.6. The van der Waals surface area contributed by atoms with Gasteiger partial charge in [-0.1, -0.05) is 0 Å². The fourth-order valence-electron chi connectivity index (χ4n) is 0.791. The second-order valence-electron chi connectivity index (χ2n) is 2.39. The summed E-state index contributed by atoms with van der Waals surface area (Å²) in [7, 11) is 0. The Bertz CT molecular complexity index is 326. The number of nitrogens with two attached hydrogens (primary N) is 1. The van der Waals surface area contributed by atoms with E-state index in [-0.39, 0.29) is 11.4 Å². The SMILES string of the molecule is Nc1cc(OC(F)(F)F)cnc1CF. The molecule has 0 saturated carbocycles. The maximum atomic E-state index is 12.1. The minimum Gasteiger partial charge on any atom is -0.404 e. The van der Waals surface area contributed by atoms with E-state index in [1.165, 1.54) is 0 Å². The largest absolute Gasteiger partial charge is 0.573 e. The van der Waals surface area contributed by atoms with Crippen molar-refractivity contribution < 1.29 is 22.3 Å². The summed E-state index contributed by atoms with van der Waals surface area (Å²) in [6.07, 6.45) is -4.04. The molecule has 1 aromatic rings. The van der Waals surface area contributed by atoms with E-state index in [1.807, 2.05) is 0 Å². The molecular formula is C7H6F4N2O. The van der Waals surface area contributed by atoms with Crippen molar-refractivity contribution >= 4 is 5.69 Å². The second kappa shape index (κ2) is 3.69. The molecule has 0 aromatic carbocycles. The zero-order valence-electron chi connectivity index (χ0n) is 6.81. The van der Waals surface area contributed by atoms with Crippen LogP contribution in [-0.4, -0.2) is 11.3 Å². The smallest absolute Gasteiger partial charge is 0.404 e. The van der Waals surface area contributed by atoms with E-state index in [2.05, 4.69) is 9.72 Å². The van der Waals surface area contributed by atoms with Gasteiger partial charge in [0, 0.05) is 6.07 Å². The summed E-state index contributed by atoms with van der Waals surface area (Å²) in [5, 5.41) is 0. The minimum absolute atomic E-state index is 0.112. The van der Waals surface area contributed by atoms with Gasteiger partial charge in [-0.15, -0.1) is 13.2 Å². The number of aromatic nitrogens is 1. The number of hydrogen-bond donors (Lipinski definition) is 1. The predicted molar refractivity (Wildman–Crippen MR) is 40.1 cm³/mol. The molecule has 3 nitrogen and oxygen atoms in total. The Morgan fingerprint density at radius 3 is 2.50 bits per heavy atom. The molecule has 0 fully saturated rings. The highest BCUT2D eigenvalue weighted by atomic mass is 19.4. The molecule has 1 heterocycles. The number of ether oxygens (including phenoxy) is 1. The third-order valence-electron chi connectivity index (χ3n) is 1.34. The summed E-state index contributed by atoms with van der Waals surface area (Å²) in [5.41, 5.74) is 4.92. The number of nitrogens with zero attached hydrogens (tertiary/aromatic N) is 1. The highest BCUT2D eigenvalue weighted by Gasteiger charge is 2.31. The molecule has 0 atom stereocenters. The monoisotopic (exact) mass is 210 g/mol. The van der Waals surface area contributed by atoms with Gasteiger partial charge in [0.05, 0.1) is 17.6 Å². The number of halogens is 4. The van der Waals surface area contributed by atoms with Gasteiger partial charge in [0.1, 0.15) is 12.4 Å². The Morgan fingerprint density at radius 2 is 2.07 bits per heavy atom. The lowest BCUT2D eigenvalue weighted by atomic mass is 10.3. The number of rotatable bonds is 2. The Hall–Kier alpha value is -1.53. The number of pyridine rings is 1. The van der Waals surface area contributed by atoms with Crippen molar-refractivity contribution in [2.45, 2.75) is 13.0 Å². The van der Waals surface area contributed by atoms with Crippen LogP contribution in [0, 0.1) is 0 Å². The normalized spacial score (nSPS) is 11.4. The molecule has 78 valence electrons. The van der Waals surface area contributed by atoms with Gasteiger partial charge in [-0.05, 0) is 0 Å². The van der Waals surface area contributed by atoms with Crippen LogP contribution in [0.2, 0.25) is 0 Å². The van der Waals surface area contributed by atoms with Crippen molar-refractivity contribution in [2.24, 2.45) is 0 Å². The van der Waals surface area contributed by atoms with Crippen molar-refractivity contribution in [1.82, 2.24) is 4.98 Å². The third-order valence-corrected chi connectivity index (χ3v) is 1.34. The van der Waals surface area contributed by atoms with Crippen LogP contribution < -0.4 is 10.5 Å². The van der Waals surface area contributed by atoms with Gasteiger partial charge in [-0.25, -0.2) is 4.39 Å². The van der Waals surface area contributed by atoms with Crippen LogP contribution in [0.15, 0.2) is 12.3 Å². The van der Waals surface area contributed by atoms with E-state index in [4.69, 9.17) is 5.73 Å². The van der Waals surface area contributed by atoms with E-state index < -0.39 is 18.8 Å². The molecular weight excluding hydrogens is 204 g/mol. The summed E-state index contributed by atoms with van der Waals surface area (Å²) in [5.74, 6) is -0.563. The summed E-state index contributed by atoms with van der Waals surface area (Å²) >= 11 is 0. The first-order valence-electron chi connectivity index (χ1n) is 3.48. The van der Waals surface area contributed by atoms with Gasteiger partial charge in [-0.3, -0.25) is 4.98 Å². The summed E-state index contributed by atoms with van der Waals surface area (Å²) in [6.45, 7) is -0.932. The van der Waals surface area contributed by atoms with E-state index in [9.17, 15) is 17.6 Å². The molecule has 7 heteroatoms. The maximum Gasteiger partial charge on any atom is 0.573 e. The molecule has 0 bridgehead atoms. The van der Waals surface area contributed by atoms with E-state index in [1.54, 1.807) is 0 Å². The lowest BCUT2D eigenvalue weighted by molar-refractivity contribution is -0.274. The third kappa shape index (κ3) is 2.75. The van der Waals surface area contributed by atoms with Crippen LogP contribution in [0.3, 0.4) is 0 Å². The number of alkyl halides is 4. The van der Waals surface area contributed by atoms with Crippen molar-refractivity contribution in [1.29, 1.82) is 0 Å². The lowest BCUT2D eigenvalue weighted by Gasteiger charge is -2.09. The van der Waals surface area contributed by atoms with E-state index in [0.29, 0.717) is 0 Å². The molecule has 2 N–H and O–H groups in total. The van der Waals surface area contributed by atoms with Gasteiger partial charge in [-0.2, -0.15) is 0 Å². The first-order chi connectivity index (χ1) is 6.42. The Morgan fingerprint density at radius 1 is 1.43 bits per heavy atom. The molecule has 0 saturated heterocycles. The van der Waals surface area contributed by atoms with Crippen LogP contribution in [0.25, 0.3) is 0 Å². The van der Waals surface area contributed by atoms with Crippen molar-refractivity contribution in [2.75, 3.05) is 5.73 Å². The van der Waals surface area contributed by atoms with Crippen LogP contribution in [-0.2, 0) is 6.67 Å². The van der Waals surface area contributed by atoms with E-state index >= 15 is 0 Å². The first-order valence-corrected chi connectivity index (χ1v) is 3.48. The fraction of sp³-hybridized carbons (Fsp3) is 0.286. The average molecular weight is 210 g/mol. The molecule has 1 rings (SSSR count). The number of anilines is 1.